The number of rotatable bonds is 5. The number of anilines is 1. The normalized spacial score (nSPS) is 11.0. The van der Waals surface area contributed by atoms with Crippen LogP contribution >= 0.6 is 38.5 Å². The van der Waals surface area contributed by atoms with E-state index >= 15 is 0 Å². The zero-order chi connectivity index (χ0) is 19.3. The van der Waals surface area contributed by atoms with Crippen LogP contribution in [0.2, 0.25) is 0 Å². The molecule has 2 aromatic carbocycles. The van der Waals surface area contributed by atoms with E-state index in [0.717, 1.165) is 30.5 Å². The number of nitrogens with one attached hydrogen (secondary N) is 1. The third-order valence-corrected chi connectivity index (χ3v) is 5.14. The lowest BCUT2D eigenvalue weighted by Gasteiger charge is -2.10. The van der Waals surface area contributed by atoms with Gasteiger partial charge in [-0.3, -0.25) is 4.79 Å². The first-order chi connectivity index (χ1) is 12.3. The molecule has 0 aliphatic rings. The summed E-state index contributed by atoms with van der Waals surface area (Å²) in [4.78, 5) is 12.4. The Bertz CT molecular complexity index is 894. The second kappa shape index (κ2) is 9.19. The Morgan fingerprint density at radius 2 is 2.04 bits per heavy atom. The molecule has 0 unspecified atom stereocenters. The van der Waals surface area contributed by atoms with Crippen molar-refractivity contribution in [3.63, 3.8) is 0 Å². The molecule has 134 valence electrons. The van der Waals surface area contributed by atoms with Crippen LogP contribution in [-0.4, -0.2) is 12.5 Å². The predicted molar refractivity (Wildman–Crippen MR) is 116 cm³/mol. The van der Waals surface area contributed by atoms with Crippen LogP contribution in [-0.2, 0) is 4.79 Å². The first kappa shape index (κ1) is 20.5. The summed E-state index contributed by atoms with van der Waals surface area (Å²) in [5.41, 5.74) is 3.68. The third kappa shape index (κ3) is 5.08. The van der Waals surface area contributed by atoms with Gasteiger partial charge in [0.05, 0.1) is 14.6 Å². The number of halogens is 2. The van der Waals surface area contributed by atoms with Crippen molar-refractivity contribution in [2.45, 2.75) is 20.8 Å². The first-order valence-electron chi connectivity index (χ1n) is 7.98. The van der Waals surface area contributed by atoms with Crippen molar-refractivity contribution in [2.75, 3.05) is 11.9 Å². The van der Waals surface area contributed by atoms with Gasteiger partial charge >= 0.3 is 0 Å². The molecule has 0 saturated heterocycles. The maximum absolute atomic E-state index is 12.4. The minimum absolute atomic E-state index is 0.0371. The van der Waals surface area contributed by atoms with Crippen LogP contribution in [0.5, 0.6) is 5.75 Å². The van der Waals surface area contributed by atoms with E-state index in [4.69, 9.17) is 4.74 Å². The minimum Gasteiger partial charge on any atom is -0.492 e. The molecule has 2 aromatic rings. The third-order valence-electron chi connectivity index (χ3n) is 3.75. The Morgan fingerprint density at radius 3 is 2.62 bits per heavy atom. The van der Waals surface area contributed by atoms with Gasteiger partial charge in [-0.1, -0.05) is 6.07 Å². The molecular formula is C20H18BrIN2O2. The van der Waals surface area contributed by atoms with Gasteiger partial charge in [-0.25, -0.2) is 0 Å². The number of hydrogen-bond donors (Lipinski definition) is 1. The van der Waals surface area contributed by atoms with Gasteiger partial charge in [0.1, 0.15) is 17.4 Å². The van der Waals surface area contributed by atoms with E-state index in [1.54, 1.807) is 6.08 Å². The molecule has 0 bridgehead atoms. The average molecular weight is 525 g/mol. The second-order valence-corrected chi connectivity index (χ2v) is 7.69. The molecule has 4 nitrogen and oxygen atoms in total. The van der Waals surface area contributed by atoms with Crippen LogP contribution in [0.3, 0.4) is 0 Å². The van der Waals surface area contributed by atoms with Crippen molar-refractivity contribution in [2.24, 2.45) is 0 Å². The molecule has 0 spiro atoms. The molecule has 0 saturated carbocycles. The highest BCUT2D eigenvalue weighted by Crippen LogP contribution is 2.32. The summed E-state index contributed by atoms with van der Waals surface area (Å²) in [5.74, 6) is 0.319. The lowest BCUT2D eigenvalue weighted by atomic mass is 10.1. The Hall–Kier alpha value is -1.85. The van der Waals surface area contributed by atoms with E-state index in [-0.39, 0.29) is 5.57 Å². The number of ether oxygens (including phenoxy) is 1. The monoisotopic (exact) mass is 524 g/mol. The zero-order valence-corrected chi connectivity index (χ0v) is 18.4. The van der Waals surface area contributed by atoms with Gasteiger partial charge in [0.25, 0.3) is 5.91 Å². The lowest BCUT2D eigenvalue weighted by molar-refractivity contribution is -0.112. The zero-order valence-electron chi connectivity index (χ0n) is 14.7. The summed E-state index contributed by atoms with van der Waals surface area (Å²) in [6.07, 6.45) is 1.57. The molecule has 6 heteroatoms. The average Bonchev–Trinajstić information content (AvgIpc) is 2.59. The number of nitrogens with zero attached hydrogens (tertiary/aromatic N) is 1. The molecule has 0 fully saturated rings. The van der Waals surface area contributed by atoms with E-state index in [9.17, 15) is 10.1 Å². The van der Waals surface area contributed by atoms with Gasteiger partial charge in [0, 0.05) is 5.69 Å². The molecule has 0 heterocycles. The van der Waals surface area contributed by atoms with E-state index in [1.165, 1.54) is 0 Å². The number of nitriles is 1. The van der Waals surface area contributed by atoms with Gasteiger partial charge < -0.3 is 10.1 Å². The Morgan fingerprint density at radius 1 is 1.31 bits per heavy atom. The molecule has 0 radical (unpaired) electrons. The van der Waals surface area contributed by atoms with Crippen molar-refractivity contribution in [1.82, 2.24) is 0 Å². The SMILES string of the molecule is CCOc1c(Br)cc(/C=C(\C#N)C(=O)Nc2ccc(C)c(C)c2)cc1I. The quantitative estimate of drug-likeness (QED) is 0.314. The summed E-state index contributed by atoms with van der Waals surface area (Å²) in [7, 11) is 0. The molecule has 0 aliphatic carbocycles. The standard InChI is InChI=1S/C20H18BrIN2O2/c1-4-26-19-17(21)9-14(10-18(19)22)8-15(11-23)20(25)24-16-6-5-12(2)13(3)7-16/h5-10H,4H2,1-3H3,(H,24,25)/b15-8+. The van der Waals surface area contributed by atoms with Crippen molar-refractivity contribution in [1.29, 1.82) is 5.26 Å². The van der Waals surface area contributed by atoms with Crippen LogP contribution in [0.1, 0.15) is 23.6 Å². The van der Waals surface area contributed by atoms with Crippen LogP contribution in [0.15, 0.2) is 40.4 Å². The first-order valence-corrected chi connectivity index (χ1v) is 9.85. The molecular weight excluding hydrogens is 507 g/mol. The van der Waals surface area contributed by atoms with Crippen LogP contribution < -0.4 is 10.1 Å². The molecule has 1 N–H and O–H groups in total. The largest absolute Gasteiger partial charge is 0.492 e. The van der Waals surface area contributed by atoms with Crippen molar-refractivity contribution in [3.8, 4) is 11.8 Å². The van der Waals surface area contributed by atoms with E-state index in [0.29, 0.717) is 12.3 Å². The summed E-state index contributed by atoms with van der Waals surface area (Å²) in [5, 5.41) is 12.2. The summed E-state index contributed by atoms with van der Waals surface area (Å²) in [6, 6.07) is 11.3. The number of carbonyl (C=O) groups is 1. The molecule has 0 atom stereocenters. The van der Waals surface area contributed by atoms with Gasteiger partial charge in [-0.05, 0) is 106 Å². The fourth-order valence-electron chi connectivity index (χ4n) is 2.28. The van der Waals surface area contributed by atoms with E-state index in [1.807, 2.05) is 57.2 Å². The summed E-state index contributed by atoms with van der Waals surface area (Å²) >= 11 is 5.64. The molecule has 0 aliphatic heterocycles. The number of carbonyl (C=O) groups excluding carboxylic acids is 1. The second-order valence-electron chi connectivity index (χ2n) is 5.67. The number of amides is 1. The van der Waals surface area contributed by atoms with Crippen LogP contribution in [0.25, 0.3) is 6.08 Å². The predicted octanol–water partition coefficient (Wildman–Crippen LogP) is 5.61. The number of hydrogen-bond acceptors (Lipinski definition) is 3. The highest BCUT2D eigenvalue weighted by molar-refractivity contribution is 14.1. The molecule has 1 amide bonds. The van der Waals surface area contributed by atoms with Crippen molar-refractivity contribution >= 4 is 56.2 Å². The van der Waals surface area contributed by atoms with Gasteiger partial charge in [0.2, 0.25) is 0 Å². The summed E-state index contributed by atoms with van der Waals surface area (Å²) in [6.45, 7) is 6.46. The van der Waals surface area contributed by atoms with E-state index in [2.05, 4.69) is 43.8 Å². The number of benzene rings is 2. The van der Waals surface area contributed by atoms with E-state index < -0.39 is 5.91 Å². The Balaban J connectivity index is 2.28. The van der Waals surface area contributed by atoms with Crippen LogP contribution in [0.4, 0.5) is 5.69 Å². The fraction of sp³-hybridized carbons (Fsp3) is 0.200. The maximum Gasteiger partial charge on any atom is 0.266 e. The maximum atomic E-state index is 12.4. The van der Waals surface area contributed by atoms with Crippen molar-refractivity contribution < 1.29 is 9.53 Å². The highest BCUT2D eigenvalue weighted by atomic mass is 127. The molecule has 2 rings (SSSR count). The van der Waals surface area contributed by atoms with Crippen molar-refractivity contribution in [3.05, 3.63) is 60.6 Å². The minimum atomic E-state index is -0.434. The van der Waals surface area contributed by atoms with Gasteiger partial charge in [0.15, 0.2) is 0 Å². The fourth-order valence-corrected chi connectivity index (χ4v) is 4.05. The molecule has 26 heavy (non-hydrogen) atoms. The number of aryl methyl sites for hydroxylation is 2. The van der Waals surface area contributed by atoms with Gasteiger partial charge in [-0.15, -0.1) is 0 Å². The van der Waals surface area contributed by atoms with Gasteiger partial charge in [-0.2, -0.15) is 5.26 Å². The Kier molecular flexibility index (Phi) is 7.23. The lowest BCUT2D eigenvalue weighted by Crippen LogP contribution is -2.13. The smallest absolute Gasteiger partial charge is 0.266 e. The summed E-state index contributed by atoms with van der Waals surface area (Å²) < 4.78 is 7.26. The van der Waals surface area contributed by atoms with Crippen LogP contribution in [0, 0.1) is 28.7 Å². The molecule has 0 aromatic heterocycles. The Labute approximate surface area is 175 Å². The topological polar surface area (TPSA) is 62.1 Å². The highest BCUT2D eigenvalue weighted by Gasteiger charge is 2.12.